The van der Waals surface area contributed by atoms with E-state index in [0.717, 1.165) is 11.1 Å². The fraction of sp³-hybridized carbons (Fsp3) is 0.278. The van der Waals surface area contributed by atoms with Crippen LogP contribution in [0.1, 0.15) is 24.0 Å². The van der Waals surface area contributed by atoms with Gasteiger partial charge in [-0.15, -0.1) is 0 Å². The zero-order valence-electron chi connectivity index (χ0n) is 14.1. The van der Waals surface area contributed by atoms with Gasteiger partial charge in [0.05, 0.1) is 10.6 Å². The highest BCUT2D eigenvalue weighted by Gasteiger charge is 2.26. The summed E-state index contributed by atoms with van der Waals surface area (Å²) < 4.78 is 27.5. The first-order valence-electron chi connectivity index (χ1n) is 7.79. The molecule has 0 amide bonds. The third-order valence-electron chi connectivity index (χ3n) is 3.79. The number of benzene rings is 2. The van der Waals surface area contributed by atoms with Crippen LogP contribution < -0.4 is 4.31 Å². The van der Waals surface area contributed by atoms with E-state index in [2.05, 4.69) is 0 Å². The number of aryl methyl sites for hydroxylation is 2. The molecule has 0 saturated heterocycles. The smallest absolute Gasteiger partial charge is 0.303 e. The summed E-state index contributed by atoms with van der Waals surface area (Å²) in [5.74, 6) is -0.954. The van der Waals surface area contributed by atoms with Gasteiger partial charge in [0.2, 0.25) is 0 Å². The SMILES string of the molecule is Cc1ccc(C)c(N(CCCC(=O)O)S(=O)(=O)c2ccc(Cl)cc2)c1. The van der Waals surface area contributed by atoms with Gasteiger partial charge >= 0.3 is 5.97 Å². The average molecular weight is 382 g/mol. The minimum atomic E-state index is -3.83. The monoisotopic (exact) mass is 381 g/mol. The van der Waals surface area contributed by atoms with Crippen LogP contribution in [-0.2, 0) is 14.8 Å². The van der Waals surface area contributed by atoms with E-state index in [0.29, 0.717) is 10.7 Å². The number of hydrogen-bond acceptors (Lipinski definition) is 3. The van der Waals surface area contributed by atoms with Crippen molar-refractivity contribution in [3.05, 3.63) is 58.6 Å². The van der Waals surface area contributed by atoms with Crippen molar-refractivity contribution < 1.29 is 18.3 Å². The summed E-state index contributed by atoms with van der Waals surface area (Å²) in [5, 5.41) is 9.31. The van der Waals surface area contributed by atoms with E-state index in [9.17, 15) is 13.2 Å². The maximum Gasteiger partial charge on any atom is 0.303 e. The molecule has 0 heterocycles. The van der Waals surface area contributed by atoms with Gasteiger partial charge in [0.1, 0.15) is 0 Å². The van der Waals surface area contributed by atoms with Gasteiger partial charge in [-0.1, -0.05) is 23.7 Å². The number of aliphatic carboxylic acids is 1. The average Bonchev–Trinajstić information content (AvgIpc) is 2.54. The van der Waals surface area contributed by atoms with E-state index >= 15 is 0 Å². The lowest BCUT2D eigenvalue weighted by Crippen LogP contribution is -2.33. The lowest BCUT2D eigenvalue weighted by atomic mass is 10.1. The Morgan fingerprint density at radius 2 is 1.76 bits per heavy atom. The fourth-order valence-electron chi connectivity index (χ4n) is 2.47. The topological polar surface area (TPSA) is 74.7 Å². The molecule has 5 nitrogen and oxygen atoms in total. The third-order valence-corrected chi connectivity index (χ3v) is 5.87. The molecule has 0 bridgehead atoms. The highest BCUT2D eigenvalue weighted by atomic mass is 35.5. The number of hydrogen-bond donors (Lipinski definition) is 1. The third kappa shape index (κ3) is 4.74. The first-order valence-corrected chi connectivity index (χ1v) is 9.61. The minimum Gasteiger partial charge on any atom is -0.481 e. The van der Waals surface area contributed by atoms with E-state index in [1.165, 1.54) is 28.6 Å². The Morgan fingerprint density at radius 1 is 1.12 bits per heavy atom. The lowest BCUT2D eigenvalue weighted by Gasteiger charge is -2.26. The molecule has 2 aromatic rings. The van der Waals surface area contributed by atoms with Crippen LogP contribution in [0.2, 0.25) is 5.02 Å². The van der Waals surface area contributed by atoms with E-state index in [-0.39, 0.29) is 24.3 Å². The van der Waals surface area contributed by atoms with Crippen LogP contribution in [0, 0.1) is 13.8 Å². The van der Waals surface area contributed by atoms with Crippen LogP contribution in [0.4, 0.5) is 5.69 Å². The number of carboxylic acid groups (broad SMARTS) is 1. The van der Waals surface area contributed by atoms with Gasteiger partial charge in [-0.05, 0) is 61.7 Å². The Morgan fingerprint density at radius 3 is 2.36 bits per heavy atom. The van der Waals surface area contributed by atoms with Crippen LogP contribution >= 0.6 is 11.6 Å². The van der Waals surface area contributed by atoms with Crippen molar-refractivity contribution in [2.75, 3.05) is 10.8 Å². The van der Waals surface area contributed by atoms with E-state index < -0.39 is 16.0 Å². The Labute approximate surface area is 152 Å². The molecule has 25 heavy (non-hydrogen) atoms. The van der Waals surface area contributed by atoms with Crippen LogP contribution in [0.15, 0.2) is 47.4 Å². The van der Waals surface area contributed by atoms with E-state index in [4.69, 9.17) is 16.7 Å². The summed E-state index contributed by atoms with van der Waals surface area (Å²) in [5.41, 5.74) is 2.29. The van der Waals surface area contributed by atoms with E-state index in [1.807, 2.05) is 26.0 Å². The molecule has 0 aliphatic heterocycles. The Bertz CT molecular complexity index is 863. The fourth-order valence-corrected chi connectivity index (χ4v) is 4.15. The van der Waals surface area contributed by atoms with Crippen LogP contribution in [0.5, 0.6) is 0 Å². The zero-order valence-corrected chi connectivity index (χ0v) is 15.6. The van der Waals surface area contributed by atoms with Gasteiger partial charge in [0.15, 0.2) is 0 Å². The summed E-state index contributed by atoms with van der Waals surface area (Å²) in [6, 6.07) is 11.5. The maximum absolute atomic E-state index is 13.1. The van der Waals surface area contributed by atoms with Gasteiger partial charge in [-0.25, -0.2) is 8.42 Å². The molecule has 1 N–H and O–H groups in total. The number of rotatable bonds is 7. The van der Waals surface area contributed by atoms with Gasteiger partial charge in [-0.3, -0.25) is 9.10 Å². The number of anilines is 1. The Hall–Kier alpha value is -2.05. The van der Waals surface area contributed by atoms with Crippen molar-refractivity contribution in [2.24, 2.45) is 0 Å². The van der Waals surface area contributed by atoms with Crippen molar-refractivity contribution in [1.29, 1.82) is 0 Å². The van der Waals surface area contributed by atoms with Gasteiger partial charge < -0.3 is 5.11 Å². The molecule has 0 aliphatic rings. The van der Waals surface area contributed by atoms with Crippen molar-refractivity contribution in [1.82, 2.24) is 0 Å². The van der Waals surface area contributed by atoms with Crippen molar-refractivity contribution in [3.8, 4) is 0 Å². The molecule has 134 valence electrons. The molecule has 0 aromatic heterocycles. The minimum absolute atomic E-state index is 0.0849. The first kappa shape index (κ1) is 19.3. The molecular weight excluding hydrogens is 362 g/mol. The van der Waals surface area contributed by atoms with Crippen molar-refractivity contribution >= 4 is 33.3 Å². The molecule has 0 aliphatic carbocycles. The van der Waals surface area contributed by atoms with Crippen LogP contribution in [0.3, 0.4) is 0 Å². The molecule has 0 radical (unpaired) electrons. The van der Waals surface area contributed by atoms with Crippen LogP contribution in [0.25, 0.3) is 0 Å². The highest BCUT2D eigenvalue weighted by molar-refractivity contribution is 7.92. The van der Waals surface area contributed by atoms with Gasteiger partial charge in [-0.2, -0.15) is 0 Å². The molecule has 2 rings (SSSR count). The molecule has 0 fully saturated rings. The molecule has 0 unspecified atom stereocenters. The van der Waals surface area contributed by atoms with Gasteiger partial charge in [0.25, 0.3) is 10.0 Å². The predicted octanol–water partition coefficient (Wildman–Crippen LogP) is 4.02. The van der Waals surface area contributed by atoms with Crippen molar-refractivity contribution in [2.45, 2.75) is 31.6 Å². The van der Waals surface area contributed by atoms with E-state index in [1.54, 1.807) is 6.07 Å². The van der Waals surface area contributed by atoms with Gasteiger partial charge in [0, 0.05) is 18.0 Å². The predicted molar refractivity (Wildman–Crippen MR) is 98.8 cm³/mol. The molecule has 2 aromatic carbocycles. The quantitative estimate of drug-likeness (QED) is 0.786. The second kappa shape index (κ2) is 7.89. The molecule has 0 atom stereocenters. The molecule has 0 spiro atoms. The largest absolute Gasteiger partial charge is 0.481 e. The highest BCUT2D eigenvalue weighted by Crippen LogP contribution is 2.29. The lowest BCUT2D eigenvalue weighted by molar-refractivity contribution is -0.137. The first-order chi connectivity index (χ1) is 11.7. The second-order valence-electron chi connectivity index (χ2n) is 5.82. The van der Waals surface area contributed by atoms with Crippen molar-refractivity contribution in [3.63, 3.8) is 0 Å². The summed E-state index contributed by atoms with van der Waals surface area (Å²) in [4.78, 5) is 10.9. The molecule has 0 saturated carbocycles. The number of carbonyl (C=O) groups is 1. The normalized spacial score (nSPS) is 11.3. The molecule has 7 heteroatoms. The Kier molecular flexibility index (Phi) is 6.08. The Balaban J connectivity index is 2.47. The maximum atomic E-state index is 13.1. The zero-order chi connectivity index (χ0) is 18.6. The summed E-state index contributed by atoms with van der Waals surface area (Å²) in [7, 11) is -3.83. The number of halogens is 1. The second-order valence-corrected chi connectivity index (χ2v) is 8.12. The summed E-state index contributed by atoms with van der Waals surface area (Å²) in [6.07, 6.45) is 0.118. The summed E-state index contributed by atoms with van der Waals surface area (Å²) in [6.45, 7) is 3.80. The number of sulfonamides is 1. The number of carboxylic acids is 1. The number of nitrogens with zero attached hydrogens (tertiary/aromatic N) is 1. The van der Waals surface area contributed by atoms with Crippen LogP contribution in [-0.4, -0.2) is 26.0 Å². The molecular formula is C18H20ClNO4S. The standard InChI is InChI=1S/C18H20ClNO4S/c1-13-5-6-14(2)17(12-13)20(11-3-4-18(21)22)25(23,24)16-9-7-15(19)8-10-16/h5-10,12H,3-4,11H2,1-2H3,(H,21,22). The summed E-state index contributed by atoms with van der Waals surface area (Å²) >= 11 is 5.85.